The zero-order valence-corrected chi connectivity index (χ0v) is 14.8. The van der Waals surface area contributed by atoms with Gasteiger partial charge in [-0.05, 0) is 49.8 Å². The van der Waals surface area contributed by atoms with Crippen LogP contribution in [0, 0.1) is 13.8 Å². The second-order valence-electron chi connectivity index (χ2n) is 5.92. The highest BCUT2D eigenvalue weighted by atomic mass is 16.5. The van der Waals surface area contributed by atoms with Crippen molar-refractivity contribution in [3.63, 3.8) is 0 Å². The van der Waals surface area contributed by atoms with E-state index < -0.39 is 0 Å². The fourth-order valence-electron chi connectivity index (χ4n) is 2.73. The summed E-state index contributed by atoms with van der Waals surface area (Å²) in [6.45, 7) is 4.01. The lowest BCUT2D eigenvalue weighted by Gasteiger charge is -2.07. The Balaban J connectivity index is 2.00. The molecular weight excluding hydrogens is 316 g/mol. The second-order valence-corrected chi connectivity index (χ2v) is 5.92. The highest BCUT2D eigenvalue weighted by Crippen LogP contribution is 2.32. The van der Waals surface area contributed by atoms with Crippen molar-refractivity contribution in [3.8, 4) is 11.5 Å². The Labute approximate surface area is 147 Å². The third-order valence-electron chi connectivity index (χ3n) is 4.14. The lowest BCUT2D eigenvalue weighted by Crippen LogP contribution is -1.98. The van der Waals surface area contributed by atoms with E-state index in [0.29, 0.717) is 22.8 Å². The van der Waals surface area contributed by atoms with Gasteiger partial charge in [0.15, 0.2) is 0 Å². The van der Waals surface area contributed by atoms with E-state index in [1.54, 1.807) is 32.4 Å². The summed E-state index contributed by atoms with van der Waals surface area (Å²) in [6, 6.07) is 11.5. The molecule has 25 heavy (non-hydrogen) atoms. The number of methoxy groups -OCH3 is 2. The largest absolute Gasteiger partial charge is 0.497 e. The van der Waals surface area contributed by atoms with E-state index >= 15 is 0 Å². The maximum atomic E-state index is 12.3. The Bertz CT molecular complexity index is 891. The first kappa shape index (κ1) is 16.8. The summed E-state index contributed by atoms with van der Waals surface area (Å²) in [5.41, 5.74) is 4.38. The van der Waals surface area contributed by atoms with Crippen LogP contribution in [0.25, 0.3) is 11.8 Å². The molecule has 1 heterocycles. The van der Waals surface area contributed by atoms with Gasteiger partial charge in [-0.15, -0.1) is 0 Å². The molecule has 0 amide bonds. The minimum absolute atomic E-state index is 0.367. The number of esters is 1. The highest BCUT2D eigenvalue weighted by Gasteiger charge is 2.23. The molecule has 128 valence electrons. The Morgan fingerprint density at radius 1 is 1.00 bits per heavy atom. The molecule has 1 aliphatic heterocycles. The van der Waals surface area contributed by atoms with Gasteiger partial charge >= 0.3 is 5.97 Å². The number of hydrogen-bond acceptors (Lipinski definition) is 4. The zero-order chi connectivity index (χ0) is 18.0. The van der Waals surface area contributed by atoms with Crippen LogP contribution < -0.4 is 9.47 Å². The summed E-state index contributed by atoms with van der Waals surface area (Å²) in [5, 5.41) is 0. The molecule has 0 N–H and O–H groups in total. The molecule has 0 bridgehead atoms. The number of aryl methyl sites for hydroxylation is 2. The minimum Gasteiger partial charge on any atom is -0.497 e. The van der Waals surface area contributed by atoms with Gasteiger partial charge in [-0.25, -0.2) is 4.79 Å². The van der Waals surface area contributed by atoms with E-state index in [0.717, 1.165) is 22.3 Å². The normalized spacial score (nSPS) is 15.1. The van der Waals surface area contributed by atoms with Crippen molar-refractivity contribution in [2.24, 2.45) is 0 Å². The van der Waals surface area contributed by atoms with Crippen LogP contribution >= 0.6 is 0 Å². The van der Waals surface area contributed by atoms with Crippen LogP contribution in [-0.4, -0.2) is 20.2 Å². The van der Waals surface area contributed by atoms with E-state index in [1.807, 2.05) is 44.2 Å². The number of benzene rings is 2. The average molecular weight is 336 g/mol. The van der Waals surface area contributed by atoms with Gasteiger partial charge in [-0.1, -0.05) is 17.7 Å². The molecule has 0 unspecified atom stereocenters. The lowest BCUT2D eigenvalue weighted by atomic mass is 10.0. The van der Waals surface area contributed by atoms with Crippen molar-refractivity contribution in [2.75, 3.05) is 14.2 Å². The predicted octanol–water partition coefficient (Wildman–Crippen LogP) is 4.30. The maximum absolute atomic E-state index is 12.3. The smallest absolute Gasteiger partial charge is 0.343 e. The molecule has 2 aromatic rings. The molecule has 0 spiro atoms. The quantitative estimate of drug-likeness (QED) is 0.617. The Morgan fingerprint density at radius 3 is 2.52 bits per heavy atom. The number of carbonyl (C=O) groups is 1. The van der Waals surface area contributed by atoms with E-state index in [2.05, 4.69) is 0 Å². The first-order valence-corrected chi connectivity index (χ1v) is 7.97. The third kappa shape index (κ3) is 3.43. The lowest BCUT2D eigenvalue weighted by molar-refractivity contribution is -0.130. The van der Waals surface area contributed by atoms with Gasteiger partial charge in [-0.2, -0.15) is 0 Å². The average Bonchev–Trinajstić information content (AvgIpc) is 2.97. The van der Waals surface area contributed by atoms with Gasteiger partial charge in [0.05, 0.1) is 19.8 Å². The van der Waals surface area contributed by atoms with E-state index in [-0.39, 0.29) is 5.97 Å². The first-order valence-electron chi connectivity index (χ1n) is 7.97. The molecule has 0 aromatic heterocycles. The number of carbonyl (C=O) groups excluding carboxylic acids is 1. The molecule has 0 fully saturated rings. The van der Waals surface area contributed by atoms with Gasteiger partial charge in [0.2, 0.25) is 0 Å². The van der Waals surface area contributed by atoms with Gasteiger partial charge in [-0.3, -0.25) is 0 Å². The molecule has 0 atom stereocenters. The van der Waals surface area contributed by atoms with Crippen LogP contribution in [0.2, 0.25) is 0 Å². The van der Waals surface area contributed by atoms with Crippen molar-refractivity contribution >= 4 is 17.8 Å². The fourth-order valence-corrected chi connectivity index (χ4v) is 2.73. The molecular formula is C21H20O4. The molecule has 0 aliphatic carbocycles. The Morgan fingerprint density at radius 2 is 1.80 bits per heavy atom. The van der Waals surface area contributed by atoms with Crippen LogP contribution in [0.5, 0.6) is 11.5 Å². The van der Waals surface area contributed by atoms with Gasteiger partial charge < -0.3 is 14.2 Å². The van der Waals surface area contributed by atoms with E-state index in [1.165, 1.54) is 0 Å². The minimum atomic E-state index is -0.367. The second kappa shape index (κ2) is 6.85. The van der Waals surface area contributed by atoms with Crippen molar-refractivity contribution in [3.05, 3.63) is 70.3 Å². The van der Waals surface area contributed by atoms with Crippen LogP contribution in [0.4, 0.5) is 0 Å². The molecule has 2 aromatic carbocycles. The summed E-state index contributed by atoms with van der Waals surface area (Å²) in [7, 11) is 3.18. The van der Waals surface area contributed by atoms with Crippen LogP contribution in [0.3, 0.4) is 0 Å². The molecule has 0 saturated heterocycles. The SMILES string of the molecule is COc1ccc(/C=C2\C=C(c3cc(C)ccc3C)OC2=O)c(OC)c1. The number of hydrogen-bond donors (Lipinski definition) is 0. The monoisotopic (exact) mass is 336 g/mol. The molecule has 3 rings (SSSR count). The molecule has 4 nitrogen and oxygen atoms in total. The summed E-state index contributed by atoms with van der Waals surface area (Å²) in [6.07, 6.45) is 3.53. The summed E-state index contributed by atoms with van der Waals surface area (Å²) in [5.74, 6) is 1.53. The molecule has 4 heteroatoms. The summed E-state index contributed by atoms with van der Waals surface area (Å²) < 4.78 is 16.1. The maximum Gasteiger partial charge on any atom is 0.343 e. The number of rotatable bonds is 4. The fraction of sp³-hybridized carbons (Fsp3) is 0.190. The van der Waals surface area contributed by atoms with Crippen molar-refractivity contribution in [2.45, 2.75) is 13.8 Å². The van der Waals surface area contributed by atoms with Gasteiger partial charge in [0.1, 0.15) is 17.3 Å². The van der Waals surface area contributed by atoms with Crippen molar-refractivity contribution in [1.29, 1.82) is 0 Å². The van der Waals surface area contributed by atoms with E-state index in [9.17, 15) is 4.79 Å². The number of cyclic esters (lactones) is 1. The summed E-state index contributed by atoms with van der Waals surface area (Å²) in [4.78, 5) is 12.3. The zero-order valence-electron chi connectivity index (χ0n) is 14.8. The number of ether oxygens (including phenoxy) is 3. The Hall–Kier alpha value is -3.01. The molecule has 0 saturated carbocycles. The predicted molar refractivity (Wildman–Crippen MR) is 97.5 cm³/mol. The van der Waals surface area contributed by atoms with Crippen LogP contribution in [0.15, 0.2) is 48.0 Å². The van der Waals surface area contributed by atoms with Gasteiger partial charge in [0, 0.05) is 17.2 Å². The Kier molecular flexibility index (Phi) is 4.61. The highest BCUT2D eigenvalue weighted by molar-refractivity contribution is 6.05. The van der Waals surface area contributed by atoms with Crippen LogP contribution in [0.1, 0.15) is 22.3 Å². The van der Waals surface area contributed by atoms with Gasteiger partial charge in [0.25, 0.3) is 0 Å². The molecule has 1 aliphatic rings. The van der Waals surface area contributed by atoms with Crippen molar-refractivity contribution < 1.29 is 19.0 Å². The van der Waals surface area contributed by atoms with Crippen molar-refractivity contribution in [1.82, 2.24) is 0 Å². The third-order valence-corrected chi connectivity index (χ3v) is 4.14. The summed E-state index contributed by atoms with van der Waals surface area (Å²) >= 11 is 0. The molecule has 0 radical (unpaired) electrons. The first-order chi connectivity index (χ1) is 12.0. The van der Waals surface area contributed by atoms with Crippen LogP contribution in [-0.2, 0) is 9.53 Å². The topological polar surface area (TPSA) is 44.8 Å². The standard InChI is InChI=1S/C21H20O4/c1-13-5-6-14(2)18(9-13)20-11-16(21(22)25-20)10-15-7-8-17(23-3)12-19(15)24-4/h5-12H,1-4H3/b16-10+. The van der Waals surface area contributed by atoms with E-state index in [4.69, 9.17) is 14.2 Å².